The number of halogens is 1. The van der Waals surface area contributed by atoms with Crippen molar-refractivity contribution in [2.75, 3.05) is 32.8 Å². The van der Waals surface area contributed by atoms with E-state index in [1.54, 1.807) is 0 Å². The lowest BCUT2D eigenvalue weighted by atomic mass is 10.1. The van der Waals surface area contributed by atoms with Crippen LogP contribution in [0.15, 0.2) is 24.3 Å². The Morgan fingerprint density at radius 3 is 2.50 bits per heavy atom. The molecule has 0 aromatic heterocycles. The predicted molar refractivity (Wildman–Crippen MR) is 98.6 cm³/mol. The lowest BCUT2D eigenvalue weighted by Gasteiger charge is -2.43. The molecule has 3 rings (SSSR count). The van der Waals surface area contributed by atoms with Gasteiger partial charge in [0.25, 0.3) is 17.7 Å². The summed E-state index contributed by atoms with van der Waals surface area (Å²) in [7, 11) is 0. The van der Waals surface area contributed by atoms with E-state index in [9.17, 15) is 18.8 Å². The molecule has 2 fully saturated rings. The van der Waals surface area contributed by atoms with E-state index in [0.29, 0.717) is 32.5 Å². The monoisotopic (exact) mass is 392 g/mol. The van der Waals surface area contributed by atoms with Gasteiger partial charge in [-0.3, -0.25) is 14.4 Å². The van der Waals surface area contributed by atoms with E-state index >= 15 is 0 Å². The van der Waals surface area contributed by atoms with Gasteiger partial charge in [-0.15, -0.1) is 0 Å². The summed E-state index contributed by atoms with van der Waals surface area (Å²) in [6, 6.07) is 5.12. The number of ether oxygens (including phenoxy) is 1. The molecule has 0 aliphatic carbocycles. The lowest BCUT2D eigenvalue weighted by molar-refractivity contribution is -0.155. The van der Waals surface area contributed by atoms with Crippen LogP contribution in [0.25, 0.3) is 0 Å². The second kappa shape index (κ2) is 9.11. The maximum Gasteiger partial charge on any atom is 0.263 e. The maximum absolute atomic E-state index is 13.2. The summed E-state index contributed by atoms with van der Waals surface area (Å²) < 4.78 is 18.7. The SMILES string of the molecule is NCCNC(=O)C1N(C(=O)c2ccc(F)cc2)CCCN1C(=O)C1CCCO1. The molecule has 0 bridgehead atoms. The highest BCUT2D eigenvalue weighted by atomic mass is 19.1. The van der Waals surface area contributed by atoms with Gasteiger partial charge in [-0.1, -0.05) is 0 Å². The maximum atomic E-state index is 13.2. The molecule has 2 unspecified atom stereocenters. The highest BCUT2D eigenvalue weighted by molar-refractivity contribution is 5.99. The molecular weight excluding hydrogens is 367 g/mol. The third kappa shape index (κ3) is 4.31. The number of carbonyl (C=O) groups excluding carboxylic acids is 3. The molecule has 28 heavy (non-hydrogen) atoms. The average Bonchev–Trinajstić information content (AvgIpc) is 3.26. The summed E-state index contributed by atoms with van der Waals surface area (Å²) in [6.45, 7) is 1.64. The van der Waals surface area contributed by atoms with Crippen molar-refractivity contribution >= 4 is 17.7 Å². The van der Waals surface area contributed by atoms with Crippen LogP contribution in [0.2, 0.25) is 0 Å². The predicted octanol–water partition coefficient (Wildman–Crippen LogP) is 0.0802. The molecule has 152 valence electrons. The molecule has 2 aliphatic rings. The zero-order valence-electron chi connectivity index (χ0n) is 15.6. The number of nitrogens with one attached hydrogen (secondary N) is 1. The van der Waals surface area contributed by atoms with E-state index in [2.05, 4.69) is 5.32 Å². The number of hydrogen-bond donors (Lipinski definition) is 2. The van der Waals surface area contributed by atoms with E-state index < -0.39 is 29.9 Å². The third-order valence-electron chi connectivity index (χ3n) is 4.91. The van der Waals surface area contributed by atoms with Gasteiger partial charge in [0.15, 0.2) is 6.17 Å². The summed E-state index contributed by atoms with van der Waals surface area (Å²) in [5, 5.41) is 2.67. The smallest absolute Gasteiger partial charge is 0.263 e. The fourth-order valence-electron chi connectivity index (χ4n) is 3.55. The molecule has 2 atom stereocenters. The molecule has 0 spiro atoms. The Morgan fingerprint density at radius 2 is 1.86 bits per heavy atom. The van der Waals surface area contributed by atoms with E-state index in [-0.39, 0.29) is 24.6 Å². The van der Waals surface area contributed by atoms with Crippen molar-refractivity contribution in [3.05, 3.63) is 35.6 Å². The first kappa shape index (κ1) is 20.2. The molecule has 3 N–H and O–H groups in total. The molecule has 1 aromatic rings. The van der Waals surface area contributed by atoms with Crippen molar-refractivity contribution in [3.63, 3.8) is 0 Å². The molecule has 0 saturated carbocycles. The molecule has 8 nitrogen and oxygen atoms in total. The number of rotatable bonds is 5. The molecule has 2 saturated heterocycles. The van der Waals surface area contributed by atoms with Gasteiger partial charge in [0.1, 0.15) is 11.9 Å². The summed E-state index contributed by atoms with van der Waals surface area (Å²) in [6.07, 6.45) is 0.233. The number of nitrogens with zero attached hydrogens (tertiary/aromatic N) is 2. The molecule has 2 aliphatic heterocycles. The van der Waals surface area contributed by atoms with Gasteiger partial charge >= 0.3 is 0 Å². The molecule has 1 aromatic carbocycles. The quantitative estimate of drug-likeness (QED) is 0.738. The van der Waals surface area contributed by atoms with Gasteiger partial charge in [-0.25, -0.2) is 4.39 Å². The Bertz CT molecular complexity index is 721. The molecule has 3 amide bonds. The zero-order valence-corrected chi connectivity index (χ0v) is 15.6. The number of benzene rings is 1. The van der Waals surface area contributed by atoms with Crippen molar-refractivity contribution < 1.29 is 23.5 Å². The third-order valence-corrected chi connectivity index (χ3v) is 4.91. The Morgan fingerprint density at radius 1 is 1.14 bits per heavy atom. The van der Waals surface area contributed by atoms with Gasteiger partial charge in [0.2, 0.25) is 0 Å². The van der Waals surface area contributed by atoms with Crippen LogP contribution in [0.3, 0.4) is 0 Å². The number of nitrogens with two attached hydrogens (primary N) is 1. The fraction of sp³-hybridized carbons (Fsp3) is 0.526. The van der Waals surface area contributed by atoms with Gasteiger partial charge in [0, 0.05) is 38.3 Å². The van der Waals surface area contributed by atoms with Crippen molar-refractivity contribution in [1.29, 1.82) is 0 Å². The summed E-state index contributed by atoms with van der Waals surface area (Å²) in [4.78, 5) is 41.6. The van der Waals surface area contributed by atoms with E-state index in [1.807, 2.05) is 0 Å². The number of carbonyl (C=O) groups is 3. The highest BCUT2D eigenvalue weighted by Crippen LogP contribution is 2.23. The topological polar surface area (TPSA) is 105 Å². The second-order valence-electron chi connectivity index (χ2n) is 6.85. The largest absolute Gasteiger partial charge is 0.368 e. The summed E-state index contributed by atoms with van der Waals surface area (Å²) in [5.41, 5.74) is 5.72. The Hall–Kier alpha value is -2.52. The van der Waals surface area contributed by atoms with E-state index in [1.165, 1.54) is 34.1 Å². The van der Waals surface area contributed by atoms with Crippen LogP contribution in [0, 0.1) is 5.82 Å². The average molecular weight is 392 g/mol. The Kier molecular flexibility index (Phi) is 6.58. The van der Waals surface area contributed by atoms with Crippen LogP contribution in [-0.4, -0.2) is 72.6 Å². The zero-order chi connectivity index (χ0) is 20.1. The first-order valence-electron chi connectivity index (χ1n) is 9.49. The standard InChI is InChI=1S/C19H25FN4O4/c20-14-6-4-13(5-7-14)18(26)23-10-2-11-24(17(23)16(25)22-9-8-21)19(27)15-3-1-12-28-15/h4-7,15,17H,1-3,8-12,21H2,(H,22,25). The molecule has 0 radical (unpaired) electrons. The van der Waals surface area contributed by atoms with Gasteiger partial charge in [-0.05, 0) is 43.5 Å². The van der Waals surface area contributed by atoms with Gasteiger partial charge in [0.05, 0.1) is 0 Å². The minimum atomic E-state index is -1.09. The number of hydrogen-bond acceptors (Lipinski definition) is 5. The first-order chi connectivity index (χ1) is 13.5. The van der Waals surface area contributed by atoms with Crippen molar-refractivity contribution in [1.82, 2.24) is 15.1 Å². The van der Waals surface area contributed by atoms with Crippen LogP contribution in [0.5, 0.6) is 0 Å². The van der Waals surface area contributed by atoms with Crippen LogP contribution < -0.4 is 11.1 Å². The summed E-state index contributed by atoms with van der Waals surface area (Å²) in [5.74, 6) is -1.64. The summed E-state index contributed by atoms with van der Waals surface area (Å²) >= 11 is 0. The Labute approximate surface area is 162 Å². The van der Waals surface area contributed by atoms with Gasteiger partial charge < -0.3 is 25.6 Å². The van der Waals surface area contributed by atoms with Crippen LogP contribution >= 0.6 is 0 Å². The number of amides is 3. The van der Waals surface area contributed by atoms with Crippen LogP contribution in [0.4, 0.5) is 4.39 Å². The van der Waals surface area contributed by atoms with E-state index in [0.717, 1.165) is 6.42 Å². The minimum Gasteiger partial charge on any atom is -0.368 e. The first-order valence-corrected chi connectivity index (χ1v) is 9.49. The highest BCUT2D eigenvalue weighted by Gasteiger charge is 2.42. The van der Waals surface area contributed by atoms with Crippen molar-refractivity contribution in [3.8, 4) is 0 Å². The molecular formula is C19H25FN4O4. The lowest BCUT2D eigenvalue weighted by Crippen LogP contribution is -2.65. The van der Waals surface area contributed by atoms with Crippen molar-refractivity contribution in [2.24, 2.45) is 5.73 Å². The molecule has 2 heterocycles. The minimum absolute atomic E-state index is 0.232. The molecule has 9 heteroatoms. The van der Waals surface area contributed by atoms with Crippen molar-refractivity contribution in [2.45, 2.75) is 31.5 Å². The normalized spacial score (nSPS) is 22.2. The van der Waals surface area contributed by atoms with Gasteiger partial charge in [-0.2, -0.15) is 0 Å². The Balaban J connectivity index is 1.87. The van der Waals surface area contributed by atoms with E-state index in [4.69, 9.17) is 10.5 Å². The second-order valence-corrected chi connectivity index (χ2v) is 6.85. The van der Waals surface area contributed by atoms with Crippen LogP contribution in [0.1, 0.15) is 29.6 Å². The van der Waals surface area contributed by atoms with Crippen LogP contribution in [-0.2, 0) is 14.3 Å². The fourth-order valence-corrected chi connectivity index (χ4v) is 3.55.